The van der Waals surface area contributed by atoms with Crippen LogP contribution < -0.4 is 15.4 Å². The number of methoxy groups -OCH3 is 1. The first-order chi connectivity index (χ1) is 10.1. The molecule has 0 aromatic heterocycles. The zero-order chi connectivity index (χ0) is 15.5. The molecule has 0 radical (unpaired) electrons. The quantitative estimate of drug-likeness (QED) is 0.643. The number of hydrogen-bond donors (Lipinski definition) is 2. The van der Waals surface area contributed by atoms with Gasteiger partial charge in [0.05, 0.1) is 6.61 Å². The van der Waals surface area contributed by atoms with Crippen molar-refractivity contribution in [3.63, 3.8) is 0 Å². The van der Waals surface area contributed by atoms with Gasteiger partial charge >= 0.3 is 0 Å². The van der Waals surface area contributed by atoms with Crippen molar-refractivity contribution in [1.82, 2.24) is 10.6 Å². The molecule has 0 fully saturated rings. The Morgan fingerprint density at radius 2 is 2.14 bits per heavy atom. The molecule has 0 unspecified atom stereocenters. The Labute approximate surface area is 127 Å². The smallest absolute Gasteiger partial charge is 0.257 e. The molecule has 0 bridgehead atoms. The molecule has 0 spiro atoms. The lowest BCUT2D eigenvalue weighted by atomic mass is 10.2. The number of hydrogen-bond acceptors (Lipinski definition) is 4. The van der Waals surface area contributed by atoms with Crippen LogP contribution >= 0.6 is 0 Å². The number of ether oxygens (including phenoxy) is 2. The van der Waals surface area contributed by atoms with Gasteiger partial charge in [0.1, 0.15) is 5.75 Å². The summed E-state index contributed by atoms with van der Waals surface area (Å²) < 4.78 is 10.5. The Bertz CT molecular complexity index is 422. The largest absolute Gasteiger partial charge is 0.484 e. The van der Waals surface area contributed by atoms with E-state index in [1.807, 2.05) is 24.3 Å². The molecule has 1 aromatic rings. The molecule has 0 saturated heterocycles. The zero-order valence-corrected chi connectivity index (χ0v) is 13.1. The Balaban J connectivity index is 2.33. The van der Waals surface area contributed by atoms with Crippen LogP contribution in [0.1, 0.15) is 19.4 Å². The van der Waals surface area contributed by atoms with Crippen LogP contribution in [0.5, 0.6) is 5.75 Å². The molecule has 21 heavy (non-hydrogen) atoms. The van der Waals surface area contributed by atoms with Gasteiger partial charge in [0.25, 0.3) is 5.91 Å². The summed E-state index contributed by atoms with van der Waals surface area (Å²) in [4.78, 5) is 11.6. The van der Waals surface area contributed by atoms with Crippen LogP contribution in [0.2, 0.25) is 0 Å². The fourth-order valence-corrected chi connectivity index (χ4v) is 1.67. The van der Waals surface area contributed by atoms with Gasteiger partial charge in [-0.15, -0.1) is 0 Å². The molecule has 0 saturated carbocycles. The first-order valence-electron chi connectivity index (χ1n) is 7.30. The first-order valence-corrected chi connectivity index (χ1v) is 7.30. The Morgan fingerprint density at radius 1 is 1.33 bits per heavy atom. The van der Waals surface area contributed by atoms with Crippen molar-refractivity contribution in [3.8, 4) is 5.75 Å². The van der Waals surface area contributed by atoms with Crippen LogP contribution in [-0.4, -0.2) is 39.3 Å². The number of carbonyl (C=O) groups excluding carboxylic acids is 1. The fourth-order valence-electron chi connectivity index (χ4n) is 1.67. The van der Waals surface area contributed by atoms with E-state index in [1.165, 1.54) is 0 Å². The molecule has 1 amide bonds. The van der Waals surface area contributed by atoms with E-state index in [9.17, 15) is 4.79 Å². The average Bonchev–Trinajstić information content (AvgIpc) is 2.48. The molecule has 5 heteroatoms. The maximum absolute atomic E-state index is 11.6. The van der Waals surface area contributed by atoms with Crippen LogP contribution in [0.3, 0.4) is 0 Å². The number of amides is 1. The Morgan fingerprint density at radius 3 is 2.86 bits per heavy atom. The second kappa shape index (κ2) is 10.2. The van der Waals surface area contributed by atoms with Gasteiger partial charge < -0.3 is 20.1 Å². The lowest BCUT2D eigenvalue weighted by molar-refractivity contribution is -0.123. The molecule has 1 rings (SSSR count). The SMILES string of the molecule is COCCNCc1cccc(OCC(=O)NCC(C)C)c1. The molecule has 0 aliphatic heterocycles. The van der Waals surface area contributed by atoms with Crippen LogP contribution in [-0.2, 0) is 16.1 Å². The van der Waals surface area contributed by atoms with Gasteiger partial charge in [-0.1, -0.05) is 26.0 Å². The highest BCUT2D eigenvalue weighted by Crippen LogP contribution is 2.13. The molecule has 5 nitrogen and oxygen atoms in total. The molecule has 1 aromatic carbocycles. The van der Waals surface area contributed by atoms with Crippen LogP contribution in [0.4, 0.5) is 0 Å². The second-order valence-electron chi connectivity index (χ2n) is 5.30. The summed E-state index contributed by atoms with van der Waals surface area (Å²) in [5, 5.41) is 6.09. The van der Waals surface area contributed by atoms with Gasteiger partial charge in [0.2, 0.25) is 0 Å². The number of carbonyl (C=O) groups is 1. The van der Waals surface area contributed by atoms with Crippen LogP contribution in [0.25, 0.3) is 0 Å². The van der Waals surface area contributed by atoms with Gasteiger partial charge in [-0.25, -0.2) is 0 Å². The van der Waals surface area contributed by atoms with E-state index in [-0.39, 0.29) is 12.5 Å². The van der Waals surface area contributed by atoms with E-state index in [2.05, 4.69) is 24.5 Å². The predicted molar refractivity (Wildman–Crippen MR) is 83.4 cm³/mol. The fraction of sp³-hybridized carbons (Fsp3) is 0.562. The number of benzene rings is 1. The predicted octanol–water partition coefficient (Wildman–Crippen LogP) is 1.57. The van der Waals surface area contributed by atoms with Crippen LogP contribution in [0.15, 0.2) is 24.3 Å². The summed E-state index contributed by atoms with van der Waals surface area (Å²) >= 11 is 0. The summed E-state index contributed by atoms with van der Waals surface area (Å²) in [6, 6.07) is 7.74. The molecule has 0 atom stereocenters. The van der Waals surface area contributed by atoms with Gasteiger partial charge in [-0.05, 0) is 23.6 Å². The topological polar surface area (TPSA) is 59.6 Å². The van der Waals surface area contributed by atoms with Crippen molar-refractivity contribution >= 4 is 5.91 Å². The highest BCUT2D eigenvalue weighted by atomic mass is 16.5. The highest BCUT2D eigenvalue weighted by Gasteiger charge is 2.04. The van der Waals surface area contributed by atoms with Crippen molar-refractivity contribution in [1.29, 1.82) is 0 Å². The Kier molecular flexibility index (Phi) is 8.47. The van der Waals surface area contributed by atoms with E-state index >= 15 is 0 Å². The molecule has 0 aliphatic rings. The molecule has 2 N–H and O–H groups in total. The highest BCUT2D eigenvalue weighted by molar-refractivity contribution is 5.77. The number of rotatable bonds is 10. The lowest BCUT2D eigenvalue weighted by Crippen LogP contribution is -2.31. The van der Waals surface area contributed by atoms with E-state index in [0.29, 0.717) is 24.8 Å². The minimum atomic E-state index is -0.0904. The van der Waals surface area contributed by atoms with Crippen molar-refractivity contribution in [3.05, 3.63) is 29.8 Å². The summed E-state index contributed by atoms with van der Waals surface area (Å²) in [5.41, 5.74) is 1.12. The van der Waals surface area contributed by atoms with E-state index in [4.69, 9.17) is 9.47 Å². The van der Waals surface area contributed by atoms with Crippen molar-refractivity contribution in [2.75, 3.05) is 33.4 Å². The number of nitrogens with one attached hydrogen (secondary N) is 2. The summed E-state index contributed by atoms with van der Waals surface area (Å²) in [5.74, 6) is 1.06. The van der Waals surface area contributed by atoms with Gasteiger partial charge in [-0.2, -0.15) is 0 Å². The first kappa shape index (κ1) is 17.5. The normalized spacial score (nSPS) is 10.7. The average molecular weight is 294 g/mol. The maximum atomic E-state index is 11.6. The van der Waals surface area contributed by atoms with Crippen molar-refractivity contribution in [2.45, 2.75) is 20.4 Å². The van der Waals surface area contributed by atoms with Gasteiger partial charge in [-0.3, -0.25) is 4.79 Å². The van der Waals surface area contributed by atoms with Gasteiger partial charge in [0.15, 0.2) is 6.61 Å². The minimum absolute atomic E-state index is 0.0489. The summed E-state index contributed by atoms with van der Waals surface area (Å²) in [6.07, 6.45) is 0. The molecule has 118 valence electrons. The standard InChI is InChI=1S/C16H26N2O3/c1-13(2)10-18-16(19)12-21-15-6-4-5-14(9-15)11-17-7-8-20-3/h4-6,9,13,17H,7-8,10-12H2,1-3H3,(H,18,19). The van der Waals surface area contributed by atoms with E-state index in [1.54, 1.807) is 7.11 Å². The van der Waals surface area contributed by atoms with Crippen molar-refractivity contribution < 1.29 is 14.3 Å². The lowest BCUT2D eigenvalue weighted by Gasteiger charge is -2.10. The van der Waals surface area contributed by atoms with Gasteiger partial charge in [0, 0.05) is 26.7 Å². The van der Waals surface area contributed by atoms with Crippen molar-refractivity contribution in [2.24, 2.45) is 5.92 Å². The zero-order valence-electron chi connectivity index (χ0n) is 13.1. The monoisotopic (exact) mass is 294 g/mol. The Hall–Kier alpha value is -1.59. The molecule has 0 aliphatic carbocycles. The summed E-state index contributed by atoms with van der Waals surface area (Å²) in [7, 11) is 1.68. The molecular weight excluding hydrogens is 268 g/mol. The third-order valence-electron chi connectivity index (χ3n) is 2.79. The van der Waals surface area contributed by atoms with E-state index < -0.39 is 0 Å². The molecular formula is C16H26N2O3. The molecule has 0 heterocycles. The second-order valence-corrected chi connectivity index (χ2v) is 5.30. The van der Waals surface area contributed by atoms with Crippen LogP contribution in [0, 0.1) is 5.92 Å². The maximum Gasteiger partial charge on any atom is 0.257 e. The minimum Gasteiger partial charge on any atom is -0.484 e. The summed E-state index contributed by atoms with van der Waals surface area (Å²) in [6.45, 7) is 7.08. The van der Waals surface area contributed by atoms with E-state index in [0.717, 1.165) is 18.7 Å². The third-order valence-corrected chi connectivity index (χ3v) is 2.79. The third kappa shape index (κ3) is 8.32.